The summed E-state index contributed by atoms with van der Waals surface area (Å²) in [6.45, 7) is 5.21. The van der Waals surface area contributed by atoms with Crippen LogP contribution in [0.1, 0.15) is 168 Å². The van der Waals surface area contributed by atoms with Crippen LogP contribution in [-0.4, -0.2) is 55.1 Å². The molecule has 0 radical (unpaired) electrons. The number of esters is 2. The molecule has 0 saturated carbocycles. The number of rotatable bonds is 30. The fourth-order valence-corrected chi connectivity index (χ4v) is 5.07. The third-order valence-electron chi connectivity index (χ3n) is 7.75. The molecule has 43 heavy (non-hydrogen) atoms. The summed E-state index contributed by atoms with van der Waals surface area (Å²) in [6.07, 6.45) is 27.9. The lowest BCUT2D eigenvalue weighted by molar-refractivity contribution is -0.144. The highest BCUT2D eigenvalue weighted by Crippen LogP contribution is 2.13. The minimum absolute atomic E-state index is 0.117. The van der Waals surface area contributed by atoms with Crippen LogP contribution in [0.15, 0.2) is 4.99 Å². The monoisotopic (exact) mass is 610 g/mol. The molecular weight excluding hydrogens is 542 g/mol. The van der Waals surface area contributed by atoms with Crippen LogP contribution in [0.3, 0.4) is 0 Å². The summed E-state index contributed by atoms with van der Waals surface area (Å²) in [5, 5.41) is 8.14. The minimum atomic E-state index is -0.234. The highest BCUT2D eigenvalue weighted by atomic mass is 16.5. The number of ether oxygens (including phenoxy) is 2. The van der Waals surface area contributed by atoms with Crippen LogP contribution < -0.4 is 11.5 Å². The zero-order valence-electron chi connectivity index (χ0n) is 28.0. The Bertz CT molecular complexity index is 669. The fraction of sp³-hybridized carbons (Fsp3) is 0.882. The molecule has 0 spiro atoms. The minimum Gasteiger partial charge on any atom is -0.464 e. The molecule has 0 rings (SSSR count). The zero-order valence-corrected chi connectivity index (χ0v) is 28.0. The third kappa shape index (κ3) is 29.5. The van der Waals surface area contributed by atoms with Gasteiger partial charge in [0, 0.05) is 12.8 Å². The maximum absolute atomic E-state index is 12.2. The topological polar surface area (TPSA) is 144 Å². The Morgan fingerprint density at radius 3 is 1.16 bits per heavy atom. The van der Waals surface area contributed by atoms with Crippen molar-refractivity contribution in [1.82, 2.24) is 4.90 Å². The number of nitrogens with zero attached hydrogens (tertiary/aromatic N) is 2. The first-order valence-electron chi connectivity index (χ1n) is 17.6. The first-order valence-corrected chi connectivity index (χ1v) is 17.6. The molecule has 0 fully saturated rings. The summed E-state index contributed by atoms with van der Waals surface area (Å²) in [7, 11) is 0. The second-order valence-corrected chi connectivity index (χ2v) is 11.9. The summed E-state index contributed by atoms with van der Waals surface area (Å²) < 4.78 is 10.7. The Balaban J connectivity index is 3.99. The molecule has 9 heteroatoms. The Morgan fingerprint density at radius 2 is 0.860 bits per heavy atom. The Hall–Kier alpha value is -2.32. The lowest BCUT2D eigenvalue weighted by atomic mass is 10.1. The smallest absolute Gasteiger partial charge is 0.305 e. The van der Waals surface area contributed by atoms with Crippen molar-refractivity contribution in [2.24, 2.45) is 16.5 Å². The molecule has 0 aromatic heterocycles. The molecule has 9 nitrogen and oxygen atoms in total. The number of aliphatic imine (C=N–C) groups is 1. The van der Waals surface area contributed by atoms with E-state index in [4.69, 9.17) is 26.4 Å². The molecule has 0 aliphatic carbocycles. The SMILES string of the molecule is CCCCCCCCCCCCCC(=O)OCCN(CCOC(=O)CCCCCCCCCCCCC)C(=N)N=C(N)N. The first-order chi connectivity index (χ1) is 20.9. The van der Waals surface area contributed by atoms with Crippen molar-refractivity contribution < 1.29 is 19.1 Å². The number of unbranched alkanes of at least 4 members (excludes halogenated alkanes) is 20. The largest absolute Gasteiger partial charge is 0.464 e. The van der Waals surface area contributed by atoms with E-state index in [1.807, 2.05) is 0 Å². The fourth-order valence-electron chi connectivity index (χ4n) is 5.07. The Morgan fingerprint density at radius 1 is 0.558 bits per heavy atom. The van der Waals surface area contributed by atoms with Crippen molar-refractivity contribution in [2.45, 2.75) is 168 Å². The molecule has 0 amide bonds. The van der Waals surface area contributed by atoms with Crippen molar-refractivity contribution >= 4 is 23.9 Å². The van der Waals surface area contributed by atoms with E-state index in [0.29, 0.717) is 12.8 Å². The van der Waals surface area contributed by atoms with Gasteiger partial charge in [0.15, 0.2) is 5.96 Å². The van der Waals surface area contributed by atoms with Crippen molar-refractivity contribution in [3.05, 3.63) is 0 Å². The molecule has 0 atom stereocenters. The van der Waals surface area contributed by atoms with E-state index in [1.165, 1.54) is 103 Å². The molecule has 0 saturated heterocycles. The van der Waals surface area contributed by atoms with Gasteiger partial charge in [-0.3, -0.25) is 15.0 Å². The van der Waals surface area contributed by atoms with Crippen LogP contribution in [-0.2, 0) is 19.1 Å². The van der Waals surface area contributed by atoms with Gasteiger partial charge in [-0.1, -0.05) is 142 Å². The summed E-state index contributed by atoms with van der Waals surface area (Å²) in [4.78, 5) is 29.6. The van der Waals surface area contributed by atoms with Gasteiger partial charge in [0.25, 0.3) is 0 Å². The van der Waals surface area contributed by atoms with Gasteiger partial charge >= 0.3 is 11.9 Å². The number of hydrogen-bond donors (Lipinski definition) is 3. The molecule has 0 aliphatic rings. The van der Waals surface area contributed by atoms with Crippen LogP contribution in [0.2, 0.25) is 0 Å². The predicted octanol–water partition coefficient (Wildman–Crippen LogP) is 7.99. The van der Waals surface area contributed by atoms with Crippen LogP contribution in [0.4, 0.5) is 0 Å². The van der Waals surface area contributed by atoms with Gasteiger partial charge < -0.3 is 25.8 Å². The number of hydrogen-bond acceptors (Lipinski definition) is 5. The van der Waals surface area contributed by atoms with Crippen molar-refractivity contribution in [3.8, 4) is 0 Å². The van der Waals surface area contributed by atoms with Gasteiger partial charge in [-0.05, 0) is 12.8 Å². The average Bonchev–Trinajstić information content (AvgIpc) is 2.97. The van der Waals surface area contributed by atoms with Gasteiger partial charge in [-0.25, -0.2) is 0 Å². The van der Waals surface area contributed by atoms with E-state index in [-0.39, 0.29) is 50.2 Å². The van der Waals surface area contributed by atoms with Gasteiger partial charge in [-0.2, -0.15) is 4.99 Å². The molecule has 0 aromatic rings. The van der Waals surface area contributed by atoms with Crippen LogP contribution in [0, 0.1) is 5.41 Å². The molecule has 0 aliphatic heterocycles. The number of carbonyl (C=O) groups excluding carboxylic acids is 2. The van der Waals surface area contributed by atoms with Crippen molar-refractivity contribution in [1.29, 1.82) is 5.41 Å². The second-order valence-electron chi connectivity index (χ2n) is 11.9. The van der Waals surface area contributed by atoms with E-state index in [2.05, 4.69) is 18.8 Å². The third-order valence-corrected chi connectivity index (χ3v) is 7.75. The Labute approximate surface area is 263 Å². The maximum Gasteiger partial charge on any atom is 0.305 e. The number of carbonyl (C=O) groups is 2. The summed E-state index contributed by atoms with van der Waals surface area (Å²) in [5.74, 6) is -0.843. The molecule has 5 N–H and O–H groups in total. The molecule has 0 unspecified atom stereocenters. The van der Waals surface area contributed by atoms with Crippen LogP contribution >= 0.6 is 0 Å². The summed E-state index contributed by atoms with van der Waals surface area (Å²) in [5.41, 5.74) is 10.9. The maximum atomic E-state index is 12.2. The van der Waals surface area contributed by atoms with Gasteiger partial charge in [0.05, 0.1) is 13.1 Å². The molecule has 0 bridgehead atoms. The highest BCUT2D eigenvalue weighted by molar-refractivity contribution is 5.91. The first kappa shape index (κ1) is 40.7. The molecule has 0 aromatic carbocycles. The molecular formula is C34H67N5O4. The number of nitrogens with two attached hydrogens (primary N) is 2. The van der Waals surface area contributed by atoms with Gasteiger partial charge in [0.1, 0.15) is 13.2 Å². The summed E-state index contributed by atoms with van der Waals surface area (Å²) >= 11 is 0. The second kappa shape index (κ2) is 31.1. The lowest BCUT2D eigenvalue weighted by Gasteiger charge is -2.22. The van der Waals surface area contributed by atoms with Crippen molar-refractivity contribution in [2.75, 3.05) is 26.3 Å². The summed E-state index contributed by atoms with van der Waals surface area (Å²) in [6, 6.07) is 0. The Kier molecular flexibility index (Phi) is 29.4. The van der Waals surface area contributed by atoms with E-state index in [1.54, 1.807) is 4.90 Å². The van der Waals surface area contributed by atoms with E-state index < -0.39 is 0 Å². The van der Waals surface area contributed by atoms with Crippen LogP contribution in [0.25, 0.3) is 0 Å². The standard InChI is InChI=1S/C34H67N5O4/c1-3-5-7-9-11-13-15-17-19-21-23-25-31(40)42-29-27-39(34(37)38-33(35)36)28-30-43-32(41)26-24-22-20-18-16-14-12-10-8-6-4-2/h3-30H2,1-2H3,(H5,35,36,37,38). The van der Waals surface area contributed by atoms with E-state index in [0.717, 1.165) is 38.5 Å². The van der Waals surface area contributed by atoms with Crippen LogP contribution in [0.5, 0.6) is 0 Å². The molecule has 0 heterocycles. The number of nitrogens with one attached hydrogen (secondary N) is 1. The normalized spacial score (nSPS) is 10.8. The quantitative estimate of drug-likeness (QED) is 0.0324. The lowest BCUT2D eigenvalue weighted by Crippen LogP contribution is -2.38. The predicted molar refractivity (Wildman–Crippen MR) is 179 cm³/mol. The average molecular weight is 610 g/mol. The van der Waals surface area contributed by atoms with Gasteiger partial charge in [-0.15, -0.1) is 0 Å². The highest BCUT2D eigenvalue weighted by Gasteiger charge is 2.13. The van der Waals surface area contributed by atoms with Crippen molar-refractivity contribution in [3.63, 3.8) is 0 Å². The van der Waals surface area contributed by atoms with E-state index in [9.17, 15) is 9.59 Å². The zero-order chi connectivity index (χ0) is 31.8. The van der Waals surface area contributed by atoms with Gasteiger partial charge in [0.2, 0.25) is 5.96 Å². The number of guanidine groups is 2. The molecule has 252 valence electrons. The van der Waals surface area contributed by atoms with E-state index >= 15 is 0 Å².